The Balaban J connectivity index is 2.60. The number of carboxylic acid groups (broad SMARTS) is 1. The number of carboxylic acids is 1. The van der Waals surface area contributed by atoms with Gasteiger partial charge in [-0.1, -0.05) is 12.1 Å². The number of carbonyl (C=O) groups excluding carboxylic acids is 1. The van der Waals surface area contributed by atoms with Crippen molar-refractivity contribution in [2.45, 2.75) is 19.4 Å². The molecule has 0 saturated heterocycles. The van der Waals surface area contributed by atoms with E-state index in [1.54, 1.807) is 0 Å². The van der Waals surface area contributed by atoms with Crippen molar-refractivity contribution in [2.24, 2.45) is 0 Å². The number of nitrogens with one attached hydrogen (secondary N) is 1. The topological polar surface area (TPSA) is 110 Å². The van der Waals surface area contributed by atoms with Crippen LogP contribution in [0.15, 0.2) is 24.3 Å². The lowest BCUT2D eigenvalue weighted by Crippen LogP contribution is -2.39. The van der Waals surface area contributed by atoms with Crippen LogP contribution in [0.3, 0.4) is 0 Å². The van der Waals surface area contributed by atoms with Gasteiger partial charge in [0.05, 0.1) is 11.3 Å². The molecule has 7 nitrogen and oxygen atoms in total. The van der Waals surface area contributed by atoms with Gasteiger partial charge in [0, 0.05) is 12.1 Å². The Morgan fingerprint density at radius 2 is 1.94 bits per heavy atom. The number of nitro benzene ring substituents is 1. The SMILES string of the molecule is C[C@H](NC(=O)Cc1ccc([N+](=O)[O-])cc1)C(=O)O. The molecule has 0 spiro atoms. The molecule has 1 aromatic carbocycles. The zero-order valence-corrected chi connectivity index (χ0v) is 9.62. The molecular weight excluding hydrogens is 240 g/mol. The molecule has 0 radical (unpaired) electrons. The number of carbonyl (C=O) groups is 2. The first kappa shape index (κ1) is 13.6. The molecule has 1 amide bonds. The Hall–Kier alpha value is -2.44. The zero-order valence-electron chi connectivity index (χ0n) is 9.62. The second-order valence-corrected chi connectivity index (χ2v) is 3.73. The van der Waals surface area contributed by atoms with E-state index in [1.807, 2.05) is 0 Å². The summed E-state index contributed by atoms with van der Waals surface area (Å²) in [6.07, 6.45) is -0.0182. The number of hydrogen-bond donors (Lipinski definition) is 2. The van der Waals surface area contributed by atoms with Gasteiger partial charge in [0.25, 0.3) is 5.69 Å². The summed E-state index contributed by atoms with van der Waals surface area (Å²) in [4.78, 5) is 31.8. The van der Waals surface area contributed by atoms with Gasteiger partial charge in [-0.25, -0.2) is 0 Å². The summed E-state index contributed by atoms with van der Waals surface area (Å²) in [7, 11) is 0. The number of nitrogens with zero attached hydrogens (tertiary/aromatic N) is 1. The highest BCUT2D eigenvalue weighted by molar-refractivity contribution is 5.84. The highest BCUT2D eigenvalue weighted by Crippen LogP contribution is 2.12. The molecule has 0 fully saturated rings. The van der Waals surface area contributed by atoms with Crippen molar-refractivity contribution in [3.05, 3.63) is 39.9 Å². The highest BCUT2D eigenvalue weighted by atomic mass is 16.6. The maximum absolute atomic E-state index is 11.4. The van der Waals surface area contributed by atoms with Crippen LogP contribution in [0.25, 0.3) is 0 Å². The van der Waals surface area contributed by atoms with Crippen LogP contribution in [-0.2, 0) is 16.0 Å². The summed E-state index contributed by atoms with van der Waals surface area (Å²) in [5, 5.41) is 21.3. The quantitative estimate of drug-likeness (QED) is 0.592. The van der Waals surface area contributed by atoms with E-state index in [9.17, 15) is 19.7 Å². The van der Waals surface area contributed by atoms with Gasteiger partial charge >= 0.3 is 5.97 Å². The minimum absolute atomic E-state index is 0.0182. The Morgan fingerprint density at radius 3 is 2.39 bits per heavy atom. The van der Waals surface area contributed by atoms with Crippen molar-refractivity contribution in [1.29, 1.82) is 0 Å². The second-order valence-electron chi connectivity index (χ2n) is 3.73. The summed E-state index contributed by atoms with van der Waals surface area (Å²) in [6.45, 7) is 1.36. The first-order chi connectivity index (χ1) is 8.40. The third-order valence-corrected chi connectivity index (χ3v) is 2.26. The first-order valence-corrected chi connectivity index (χ1v) is 5.15. The lowest BCUT2D eigenvalue weighted by molar-refractivity contribution is -0.384. The minimum Gasteiger partial charge on any atom is -0.480 e. The largest absolute Gasteiger partial charge is 0.480 e. The van der Waals surface area contributed by atoms with E-state index in [1.165, 1.54) is 31.2 Å². The van der Waals surface area contributed by atoms with E-state index < -0.39 is 22.8 Å². The predicted molar refractivity (Wildman–Crippen MR) is 62.0 cm³/mol. The van der Waals surface area contributed by atoms with E-state index in [0.717, 1.165) is 0 Å². The standard InChI is InChI=1S/C11H12N2O5/c1-7(11(15)16)12-10(14)6-8-2-4-9(5-3-8)13(17)18/h2-5,7H,6H2,1H3,(H,12,14)(H,15,16)/t7-/m0/s1. The normalized spacial score (nSPS) is 11.6. The maximum atomic E-state index is 11.4. The molecule has 7 heteroatoms. The molecule has 0 aromatic heterocycles. The van der Waals surface area contributed by atoms with Gasteiger partial charge in [0.1, 0.15) is 6.04 Å². The number of amides is 1. The Kier molecular flexibility index (Phi) is 4.36. The molecule has 1 aromatic rings. The minimum atomic E-state index is -1.12. The van der Waals surface area contributed by atoms with Crippen molar-refractivity contribution < 1.29 is 19.6 Å². The van der Waals surface area contributed by atoms with Crippen LogP contribution in [0.2, 0.25) is 0 Å². The average Bonchev–Trinajstić information content (AvgIpc) is 2.29. The number of nitro groups is 1. The van der Waals surface area contributed by atoms with Crippen molar-refractivity contribution in [1.82, 2.24) is 5.32 Å². The summed E-state index contributed by atoms with van der Waals surface area (Å²) in [6, 6.07) is 4.55. The van der Waals surface area contributed by atoms with Gasteiger partial charge < -0.3 is 10.4 Å². The van der Waals surface area contributed by atoms with Crippen molar-refractivity contribution >= 4 is 17.6 Å². The summed E-state index contributed by atoms with van der Waals surface area (Å²) in [5.74, 6) is -1.56. The van der Waals surface area contributed by atoms with Crippen molar-refractivity contribution in [3.8, 4) is 0 Å². The van der Waals surface area contributed by atoms with Crippen molar-refractivity contribution in [2.75, 3.05) is 0 Å². The van der Waals surface area contributed by atoms with Gasteiger partial charge in [-0.3, -0.25) is 19.7 Å². The fourth-order valence-corrected chi connectivity index (χ4v) is 1.28. The van der Waals surface area contributed by atoms with Crippen LogP contribution >= 0.6 is 0 Å². The summed E-state index contributed by atoms with van der Waals surface area (Å²) in [5.41, 5.74) is 0.522. The molecule has 18 heavy (non-hydrogen) atoms. The molecule has 0 saturated carbocycles. The maximum Gasteiger partial charge on any atom is 0.325 e. The Bertz CT molecular complexity index is 469. The Morgan fingerprint density at radius 1 is 1.39 bits per heavy atom. The Labute approximate surface area is 103 Å². The van der Waals surface area contributed by atoms with Crippen molar-refractivity contribution in [3.63, 3.8) is 0 Å². The van der Waals surface area contributed by atoms with Crippen LogP contribution in [-0.4, -0.2) is 27.9 Å². The molecule has 2 N–H and O–H groups in total. The zero-order chi connectivity index (χ0) is 13.7. The average molecular weight is 252 g/mol. The van der Waals surface area contributed by atoms with Gasteiger partial charge in [-0.2, -0.15) is 0 Å². The van der Waals surface area contributed by atoms with E-state index in [2.05, 4.69) is 5.32 Å². The smallest absolute Gasteiger partial charge is 0.325 e. The van der Waals surface area contributed by atoms with E-state index in [4.69, 9.17) is 5.11 Å². The molecule has 0 heterocycles. The van der Waals surface area contributed by atoms with Crippen LogP contribution in [0.1, 0.15) is 12.5 Å². The fourth-order valence-electron chi connectivity index (χ4n) is 1.28. The third kappa shape index (κ3) is 3.85. The number of rotatable bonds is 5. The van der Waals surface area contributed by atoms with Crippen LogP contribution in [0, 0.1) is 10.1 Å². The predicted octanol–water partition coefficient (Wildman–Crippen LogP) is 0.727. The number of benzene rings is 1. The van der Waals surface area contributed by atoms with Gasteiger partial charge in [0.15, 0.2) is 0 Å². The van der Waals surface area contributed by atoms with Crippen LogP contribution in [0.4, 0.5) is 5.69 Å². The van der Waals surface area contributed by atoms with Crippen LogP contribution < -0.4 is 5.32 Å². The molecular formula is C11H12N2O5. The molecule has 0 aliphatic heterocycles. The first-order valence-electron chi connectivity index (χ1n) is 5.15. The van der Waals surface area contributed by atoms with E-state index in [-0.39, 0.29) is 12.1 Å². The molecule has 0 aliphatic carbocycles. The highest BCUT2D eigenvalue weighted by Gasteiger charge is 2.14. The molecule has 96 valence electrons. The molecule has 0 unspecified atom stereocenters. The lowest BCUT2D eigenvalue weighted by atomic mass is 10.1. The van der Waals surface area contributed by atoms with Crippen LogP contribution in [0.5, 0.6) is 0 Å². The third-order valence-electron chi connectivity index (χ3n) is 2.26. The van der Waals surface area contributed by atoms with Gasteiger partial charge in [-0.15, -0.1) is 0 Å². The van der Waals surface area contributed by atoms with Gasteiger partial charge in [-0.05, 0) is 12.5 Å². The molecule has 0 bridgehead atoms. The summed E-state index contributed by atoms with van der Waals surface area (Å²) < 4.78 is 0. The summed E-state index contributed by atoms with van der Waals surface area (Å²) >= 11 is 0. The number of hydrogen-bond acceptors (Lipinski definition) is 4. The van der Waals surface area contributed by atoms with Gasteiger partial charge in [0.2, 0.25) is 5.91 Å². The fraction of sp³-hybridized carbons (Fsp3) is 0.273. The lowest BCUT2D eigenvalue weighted by Gasteiger charge is -2.08. The van der Waals surface area contributed by atoms with E-state index >= 15 is 0 Å². The number of non-ortho nitro benzene ring substituents is 1. The monoisotopic (exact) mass is 252 g/mol. The number of aliphatic carboxylic acids is 1. The second kappa shape index (κ2) is 5.76. The molecule has 1 atom stereocenters. The van der Waals surface area contributed by atoms with E-state index in [0.29, 0.717) is 5.56 Å². The molecule has 0 aliphatic rings. The molecule has 1 rings (SSSR count).